The fourth-order valence-corrected chi connectivity index (χ4v) is 2.50. The third-order valence-corrected chi connectivity index (χ3v) is 3.50. The Balaban J connectivity index is 2.50. The van der Waals surface area contributed by atoms with E-state index in [0.29, 0.717) is 22.3 Å². The second-order valence-electron chi connectivity index (χ2n) is 5.08. The van der Waals surface area contributed by atoms with Crippen LogP contribution in [0.4, 0.5) is 0 Å². The first-order valence-corrected chi connectivity index (χ1v) is 6.96. The van der Waals surface area contributed by atoms with Gasteiger partial charge in [0, 0.05) is 5.56 Å². The quantitative estimate of drug-likeness (QED) is 0.737. The molecule has 3 aromatic rings. The third kappa shape index (κ3) is 2.18. The summed E-state index contributed by atoms with van der Waals surface area (Å²) in [7, 11) is 0. The molecule has 0 aliphatic heterocycles. The average molecular weight is 289 g/mol. The van der Waals surface area contributed by atoms with E-state index in [9.17, 15) is 4.79 Å². The number of rotatable bonds is 2. The highest BCUT2D eigenvalue weighted by Crippen LogP contribution is 2.18. The Hall–Kier alpha value is -2.90. The number of aromatic nitrogens is 2. The summed E-state index contributed by atoms with van der Waals surface area (Å²) in [5.74, 6) is 3.07. The van der Waals surface area contributed by atoms with Crippen LogP contribution in [0.3, 0.4) is 0 Å². The zero-order chi connectivity index (χ0) is 15.7. The molecule has 0 aliphatic rings. The Morgan fingerprint density at radius 1 is 1.18 bits per heavy atom. The van der Waals surface area contributed by atoms with E-state index in [2.05, 4.69) is 10.9 Å². The maximum Gasteiger partial charge on any atom is 0.267 e. The maximum atomic E-state index is 13.0. The fourth-order valence-electron chi connectivity index (χ4n) is 2.50. The van der Waals surface area contributed by atoms with Crippen LogP contribution in [0.5, 0.6) is 0 Å². The van der Waals surface area contributed by atoms with Gasteiger partial charge in [-0.1, -0.05) is 30.2 Å². The molecule has 108 valence electrons. The van der Waals surface area contributed by atoms with Gasteiger partial charge in [-0.2, -0.15) is 0 Å². The van der Waals surface area contributed by atoms with Crippen LogP contribution < -0.4 is 11.3 Å². The lowest BCUT2D eigenvalue weighted by atomic mass is 10.1. The molecule has 3 rings (SSSR count). The maximum absolute atomic E-state index is 13.0. The molecule has 1 aromatic heterocycles. The highest BCUT2D eigenvalue weighted by molar-refractivity contribution is 5.84. The lowest BCUT2D eigenvalue weighted by molar-refractivity contribution is 0.696. The van der Waals surface area contributed by atoms with Crippen LogP contribution in [0, 0.1) is 12.3 Å². The van der Waals surface area contributed by atoms with Crippen molar-refractivity contribution in [2.75, 3.05) is 0 Å². The van der Waals surface area contributed by atoms with Crippen LogP contribution in [0.1, 0.15) is 24.4 Å². The largest absolute Gasteiger partial charge is 0.322 e. The summed E-state index contributed by atoms with van der Waals surface area (Å²) >= 11 is 0. The number of fused-ring (bicyclic) bond motifs is 1. The van der Waals surface area contributed by atoms with E-state index < -0.39 is 0 Å². The monoisotopic (exact) mass is 289 g/mol. The van der Waals surface area contributed by atoms with Gasteiger partial charge in [-0.15, -0.1) is 6.42 Å². The Bertz CT molecular complexity index is 934. The van der Waals surface area contributed by atoms with Gasteiger partial charge in [-0.3, -0.25) is 9.36 Å². The Morgan fingerprint density at radius 3 is 2.55 bits per heavy atom. The van der Waals surface area contributed by atoms with E-state index in [0.717, 1.165) is 5.69 Å². The minimum absolute atomic E-state index is 0.197. The normalized spacial score (nSPS) is 12.0. The van der Waals surface area contributed by atoms with Crippen molar-refractivity contribution in [1.82, 2.24) is 9.55 Å². The molecule has 1 atom stereocenters. The zero-order valence-corrected chi connectivity index (χ0v) is 12.2. The van der Waals surface area contributed by atoms with Crippen LogP contribution in [-0.4, -0.2) is 9.55 Å². The molecule has 0 radical (unpaired) electrons. The Labute approximate surface area is 128 Å². The van der Waals surface area contributed by atoms with Crippen LogP contribution in [-0.2, 0) is 0 Å². The second kappa shape index (κ2) is 5.47. The summed E-state index contributed by atoms with van der Waals surface area (Å²) in [6.45, 7) is 1.80. The van der Waals surface area contributed by atoms with Crippen LogP contribution >= 0.6 is 0 Å². The number of nitrogens with zero attached hydrogens (tertiary/aromatic N) is 2. The minimum atomic E-state index is -0.383. The van der Waals surface area contributed by atoms with Crippen molar-refractivity contribution in [3.8, 4) is 18.0 Å². The molecule has 0 saturated heterocycles. The molecule has 0 bridgehead atoms. The summed E-state index contributed by atoms with van der Waals surface area (Å²) in [6, 6.07) is 14.2. The van der Waals surface area contributed by atoms with Gasteiger partial charge in [0.1, 0.15) is 5.82 Å². The van der Waals surface area contributed by atoms with Crippen LogP contribution in [0.25, 0.3) is 16.6 Å². The van der Waals surface area contributed by atoms with Crippen molar-refractivity contribution in [3.05, 3.63) is 70.3 Å². The molecule has 0 spiro atoms. The molecule has 22 heavy (non-hydrogen) atoms. The summed E-state index contributed by atoms with van der Waals surface area (Å²) in [5.41, 5.74) is 7.65. The SMILES string of the molecule is C#Cc1cccc2nc(C(C)N)n(-c3ccccc3)c(=O)c12. The van der Waals surface area contributed by atoms with Gasteiger partial charge >= 0.3 is 0 Å². The number of terminal acetylenes is 1. The third-order valence-electron chi connectivity index (χ3n) is 3.50. The van der Waals surface area contributed by atoms with Gasteiger partial charge in [0.15, 0.2) is 0 Å². The molecule has 2 N–H and O–H groups in total. The predicted octanol–water partition coefficient (Wildman–Crippen LogP) is 2.39. The van der Waals surface area contributed by atoms with Crippen molar-refractivity contribution in [2.24, 2.45) is 5.73 Å². The zero-order valence-electron chi connectivity index (χ0n) is 12.2. The van der Waals surface area contributed by atoms with Gasteiger partial charge in [0.2, 0.25) is 0 Å². The summed E-state index contributed by atoms with van der Waals surface area (Å²) in [6.07, 6.45) is 5.52. The average Bonchev–Trinajstić information content (AvgIpc) is 2.54. The highest BCUT2D eigenvalue weighted by Gasteiger charge is 2.16. The van der Waals surface area contributed by atoms with Crippen molar-refractivity contribution in [2.45, 2.75) is 13.0 Å². The number of nitrogens with two attached hydrogens (primary N) is 1. The van der Waals surface area contributed by atoms with Crippen LogP contribution in [0.15, 0.2) is 53.3 Å². The number of para-hydroxylation sites is 1. The number of hydrogen-bond donors (Lipinski definition) is 1. The van der Waals surface area contributed by atoms with E-state index in [4.69, 9.17) is 12.2 Å². The van der Waals surface area contributed by atoms with Crippen LogP contribution in [0.2, 0.25) is 0 Å². The van der Waals surface area contributed by atoms with E-state index in [1.807, 2.05) is 30.3 Å². The minimum Gasteiger partial charge on any atom is -0.322 e. The molecule has 4 nitrogen and oxygen atoms in total. The smallest absolute Gasteiger partial charge is 0.267 e. The Morgan fingerprint density at radius 2 is 1.91 bits per heavy atom. The molecule has 0 aliphatic carbocycles. The van der Waals surface area contributed by atoms with Gasteiger partial charge < -0.3 is 5.73 Å². The van der Waals surface area contributed by atoms with E-state index in [-0.39, 0.29) is 11.6 Å². The molecule has 0 fully saturated rings. The predicted molar refractivity (Wildman–Crippen MR) is 87.9 cm³/mol. The van der Waals surface area contributed by atoms with E-state index in [1.54, 1.807) is 25.1 Å². The van der Waals surface area contributed by atoms with Crippen molar-refractivity contribution in [1.29, 1.82) is 0 Å². The molecule has 0 saturated carbocycles. The second-order valence-corrected chi connectivity index (χ2v) is 5.08. The molecule has 0 amide bonds. The number of hydrogen-bond acceptors (Lipinski definition) is 3. The summed E-state index contributed by atoms with van der Waals surface area (Å²) in [4.78, 5) is 17.6. The summed E-state index contributed by atoms with van der Waals surface area (Å²) in [5, 5.41) is 0.443. The van der Waals surface area contributed by atoms with Gasteiger partial charge in [-0.05, 0) is 31.2 Å². The number of benzene rings is 2. The van der Waals surface area contributed by atoms with E-state index >= 15 is 0 Å². The van der Waals surface area contributed by atoms with Gasteiger partial charge in [-0.25, -0.2) is 4.98 Å². The van der Waals surface area contributed by atoms with E-state index in [1.165, 1.54) is 4.57 Å². The molecule has 1 unspecified atom stereocenters. The van der Waals surface area contributed by atoms with Gasteiger partial charge in [0.05, 0.1) is 22.6 Å². The first kappa shape index (κ1) is 14.1. The van der Waals surface area contributed by atoms with Crippen molar-refractivity contribution < 1.29 is 0 Å². The fraction of sp³-hybridized carbons (Fsp3) is 0.111. The molecular formula is C18H15N3O. The lowest BCUT2D eigenvalue weighted by Gasteiger charge is -2.16. The standard InChI is InChI=1S/C18H15N3O/c1-3-13-8-7-11-15-16(13)18(22)21(17(20-15)12(2)19)14-9-5-4-6-10-14/h1,4-12H,19H2,2H3. The van der Waals surface area contributed by atoms with Crippen molar-refractivity contribution in [3.63, 3.8) is 0 Å². The lowest BCUT2D eigenvalue weighted by Crippen LogP contribution is -2.27. The first-order chi connectivity index (χ1) is 10.6. The van der Waals surface area contributed by atoms with Gasteiger partial charge in [0.25, 0.3) is 5.56 Å². The Kier molecular flexibility index (Phi) is 3.50. The van der Waals surface area contributed by atoms with Crippen molar-refractivity contribution >= 4 is 10.9 Å². The first-order valence-electron chi connectivity index (χ1n) is 6.96. The topological polar surface area (TPSA) is 60.9 Å². The molecule has 1 heterocycles. The highest BCUT2D eigenvalue weighted by atomic mass is 16.1. The summed E-state index contributed by atoms with van der Waals surface area (Å²) < 4.78 is 1.54. The molecule has 2 aromatic carbocycles. The molecular weight excluding hydrogens is 274 g/mol. The molecule has 4 heteroatoms.